The van der Waals surface area contributed by atoms with Crippen LogP contribution in [0, 0.1) is 6.92 Å². The summed E-state index contributed by atoms with van der Waals surface area (Å²) in [5, 5.41) is 7.91. The molecule has 0 radical (unpaired) electrons. The highest BCUT2D eigenvalue weighted by Gasteiger charge is 2.14. The molecule has 4 nitrogen and oxygen atoms in total. The van der Waals surface area contributed by atoms with E-state index in [0.717, 1.165) is 38.7 Å². The van der Waals surface area contributed by atoms with Crippen molar-refractivity contribution < 1.29 is 4.79 Å². The maximum Gasteiger partial charge on any atom is 0.244 e. The lowest BCUT2D eigenvalue weighted by Crippen LogP contribution is -2.19. The van der Waals surface area contributed by atoms with E-state index < -0.39 is 0 Å². The number of hydrogen-bond acceptors (Lipinski definition) is 2. The van der Waals surface area contributed by atoms with Crippen LogP contribution in [0.1, 0.15) is 22.4 Å². The smallest absolute Gasteiger partial charge is 0.244 e. The number of halogens is 1. The molecule has 0 spiro atoms. The lowest BCUT2D eigenvalue weighted by molar-refractivity contribution is -0.120. The second-order valence-electron chi connectivity index (χ2n) is 8.34. The first-order chi connectivity index (χ1) is 16.6. The van der Waals surface area contributed by atoms with Gasteiger partial charge in [-0.3, -0.25) is 4.79 Å². The van der Waals surface area contributed by atoms with Crippen LogP contribution >= 0.6 is 15.9 Å². The van der Waals surface area contributed by atoms with Crippen LogP contribution in [0.3, 0.4) is 0 Å². The zero-order chi connectivity index (χ0) is 23.5. The maximum atomic E-state index is 12.4. The Morgan fingerprint density at radius 1 is 0.912 bits per heavy atom. The Morgan fingerprint density at radius 2 is 1.62 bits per heavy atom. The van der Waals surface area contributed by atoms with E-state index in [9.17, 15) is 4.79 Å². The van der Waals surface area contributed by atoms with E-state index in [1.54, 1.807) is 6.21 Å². The molecule has 0 saturated heterocycles. The summed E-state index contributed by atoms with van der Waals surface area (Å²) in [7, 11) is 0. The Balaban J connectivity index is 1.42. The fourth-order valence-corrected chi connectivity index (χ4v) is 4.69. The van der Waals surface area contributed by atoms with Crippen LogP contribution in [0.15, 0.2) is 101 Å². The third kappa shape index (κ3) is 4.52. The molecule has 168 valence electrons. The standard InChI is InChI=1S/C29H24BrN3O/c1-20-27(18-31-32-29(34)17-21-13-15-24(30)16-14-21)26-11-4-5-12-28(26)33(20)19-23-9-6-8-22-7-2-3-10-25(22)23/h2-16,18H,17,19H2,1H3,(H,32,34)/b31-18+. The minimum atomic E-state index is -0.143. The van der Waals surface area contributed by atoms with Crippen molar-refractivity contribution in [2.75, 3.05) is 0 Å². The molecule has 0 aliphatic rings. The molecule has 0 saturated carbocycles. The number of fused-ring (bicyclic) bond motifs is 2. The molecular formula is C29H24BrN3O. The van der Waals surface area contributed by atoms with Gasteiger partial charge in [0, 0.05) is 33.2 Å². The van der Waals surface area contributed by atoms with Crippen LogP contribution in [0.25, 0.3) is 21.7 Å². The van der Waals surface area contributed by atoms with Gasteiger partial charge < -0.3 is 4.57 Å². The second-order valence-corrected chi connectivity index (χ2v) is 9.25. The number of benzene rings is 4. The molecule has 1 N–H and O–H groups in total. The number of hydrogen-bond donors (Lipinski definition) is 1. The summed E-state index contributed by atoms with van der Waals surface area (Å²) >= 11 is 3.41. The number of rotatable bonds is 6. The quantitative estimate of drug-likeness (QED) is 0.203. The predicted molar refractivity (Wildman–Crippen MR) is 143 cm³/mol. The van der Waals surface area contributed by atoms with Gasteiger partial charge in [0.1, 0.15) is 0 Å². The van der Waals surface area contributed by atoms with Gasteiger partial charge in [0.2, 0.25) is 5.91 Å². The third-order valence-corrected chi connectivity index (χ3v) is 6.68. The molecule has 5 rings (SSSR count). The molecule has 0 fully saturated rings. The first-order valence-corrected chi connectivity index (χ1v) is 12.0. The number of hydrazone groups is 1. The molecule has 4 aromatic carbocycles. The number of nitrogens with one attached hydrogen (secondary N) is 1. The van der Waals surface area contributed by atoms with Gasteiger partial charge in [-0.15, -0.1) is 0 Å². The number of para-hydroxylation sites is 1. The minimum Gasteiger partial charge on any atom is -0.340 e. The van der Waals surface area contributed by atoms with Crippen molar-refractivity contribution in [3.8, 4) is 0 Å². The third-order valence-electron chi connectivity index (χ3n) is 6.15. The minimum absolute atomic E-state index is 0.143. The van der Waals surface area contributed by atoms with Crippen LogP contribution < -0.4 is 5.43 Å². The number of amides is 1. The van der Waals surface area contributed by atoms with Crippen LogP contribution in [0.4, 0.5) is 0 Å². The monoisotopic (exact) mass is 509 g/mol. The molecule has 1 amide bonds. The van der Waals surface area contributed by atoms with E-state index in [-0.39, 0.29) is 12.3 Å². The molecule has 0 bridgehead atoms. The van der Waals surface area contributed by atoms with E-state index in [0.29, 0.717) is 0 Å². The highest BCUT2D eigenvalue weighted by atomic mass is 79.9. The normalized spacial score (nSPS) is 11.5. The van der Waals surface area contributed by atoms with Gasteiger partial charge in [-0.25, -0.2) is 5.43 Å². The number of nitrogens with zero attached hydrogens (tertiary/aromatic N) is 2. The Hall–Kier alpha value is -3.70. The van der Waals surface area contributed by atoms with E-state index in [1.807, 2.05) is 30.3 Å². The van der Waals surface area contributed by atoms with Crippen molar-refractivity contribution >= 4 is 49.7 Å². The fourth-order valence-electron chi connectivity index (χ4n) is 4.42. The summed E-state index contributed by atoms with van der Waals surface area (Å²) in [5.74, 6) is -0.143. The largest absolute Gasteiger partial charge is 0.340 e. The van der Waals surface area contributed by atoms with E-state index >= 15 is 0 Å². The van der Waals surface area contributed by atoms with E-state index in [1.165, 1.54) is 16.3 Å². The maximum absolute atomic E-state index is 12.4. The average Bonchev–Trinajstić information content (AvgIpc) is 3.12. The van der Waals surface area contributed by atoms with Gasteiger partial charge in [0.25, 0.3) is 0 Å². The highest BCUT2D eigenvalue weighted by Crippen LogP contribution is 2.27. The SMILES string of the molecule is Cc1c(/C=N/NC(=O)Cc2ccc(Br)cc2)c2ccccc2n1Cc1cccc2ccccc12. The topological polar surface area (TPSA) is 46.4 Å². The first-order valence-electron chi connectivity index (χ1n) is 11.2. The Kier molecular flexibility index (Phi) is 6.28. The number of carbonyl (C=O) groups is 1. The molecule has 0 aliphatic heterocycles. The number of carbonyl (C=O) groups excluding carboxylic acids is 1. The molecule has 5 heteroatoms. The van der Waals surface area contributed by atoms with Crippen LogP contribution in [0.2, 0.25) is 0 Å². The predicted octanol–water partition coefficient (Wildman–Crippen LogP) is 6.61. The van der Waals surface area contributed by atoms with Crippen LogP contribution in [-0.2, 0) is 17.8 Å². The van der Waals surface area contributed by atoms with Crippen molar-refractivity contribution in [2.24, 2.45) is 5.10 Å². The Bertz CT molecular complexity index is 1510. The molecule has 0 atom stereocenters. The van der Waals surface area contributed by atoms with Gasteiger partial charge in [-0.2, -0.15) is 5.10 Å². The summed E-state index contributed by atoms with van der Waals surface area (Å²) in [6.45, 7) is 2.87. The van der Waals surface area contributed by atoms with Crippen molar-refractivity contribution in [3.05, 3.63) is 118 Å². The molecule has 34 heavy (non-hydrogen) atoms. The summed E-state index contributed by atoms with van der Waals surface area (Å²) in [6, 6.07) is 31.0. The van der Waals surface area contributed by atoms with Crippen molar-refractivity contribution in [1.29, 1.82) is 0 Å². The van der Waals surface area contributed by atoms with E-state index in [2.05, 4.69) is 98.6 Å². The number of aromatic nitrogens is 1. The van der Waals surface area contributed by atoms with Gasteiger partial charge in [-0.1, -0.05) is 88.7 Å². The van der Waals surface area contributed by atoms with Gasteiger partial charge >= 0.3 is 0 Å². The summed E-state index contributed by atoms with van der Waals surface area (Å²) in [6.07, 6.45) is 2.04. The molecule has 0 aliphatic carbocycles. The zero-order valence-corrected chi connectivity index (χ0v) is 20.4. The summed E-state index contributed by atoms with van der Waals surface area (Å²) in [4.78, 5) is 12.4. The molecular weight excluding hydrogens is 486 g/mol. The van der Waals surface area contributed by atoms with E-state index in [4.69, 9.17) is 0 Å². The fraction of sp³-hybridized carbons (Fsp3) is 0.103. The molecule has 1 heterocycles. The summed E-state index contributed by atoms with van der Waals surface area (Å²) < 4.78 is 3.31. The molecule has 0 unspecified atom stereocenters. The molecule has 1 aromatic heterocycles. The van der Waals surface area contributed by atoms with Gasteiger partial charge in [0.05, 0.1) is 12.6 Å². The Morgan fingerprint density at radius 3 is 2.44 bits per heavy atom. The Labute approximate surface area is 207 Å². The highest BCUT2D eigenvalue weighted by molar-refractivity contribution is 9.10. The van der Waals surface area contributed by atoms with Gasteiger partial charge in [0.15, 0.2) is 0 Å². The van der Waals surface area contributed by atoms with Crippen LogP contribution in [-0.4, -0.2) is 16.7 Å². The molecule has 5 aromatic rings. The van der Waals surface area contributed by atoms with Crippen molar-refractivity contribution in [1.82, 2.24) is 9.99 Å². The van der Waals surface area contributed by atoms with Crippen LogP contribution in [0.5, 0.6) is 0 Å². The van der Waals surface area contributed by atoms with Crippen molar-refractivity contribution in [2.45, 2.75) is 19.9 Å². The summed E-state index contributed by atoms with van der Waals surface area (Å²) in [5.41, 5.74) is 8.17. The average molecular weight is 510 g/mol. The first kappa shape index (κ1) is 22.1. The second kappa shape index (κ2) is 9.65. The lowest BCUT2D eigenvalue weighted by atomic mass is 10.0. The van der Waals surface area contributed by atoms with Gasteiger partial charge in [-0.05, 0) is 47.0 Å². The lowest BCUT2D eigenvalue weighted by Gasteiger charge is -2.11. The van der Waals surface area contributed by atoms with Crippen molar-refractivity contribution in [3.63, 3.8) is 0 Å². The zero-order valence-electron chi connectivity index (χ0n) is 18.8.